The maximum absolute atomic E-state index is 6.51. The number of fused-ring (bicyclic) bond motifs is 1. The van der Waals surface area contributed by atoms with E-state index in [1.807, 2.05) is 12.4 Å². The summed E-state index contributed by atoms with van der Waals surface area (Å²) in [6.45, 7) is 0. The molecule has 15 heavy (non-hydrogen) atoms. The number of hydrogen-bond acceptors (Lipinski definition) is 2. The molecule has 1 aromatic rings. The largest absolute Gasteiger partial charge is 0.324 e. The Balaban J connectivity index is 1.74. The van der Waals surface area contributed by atoms with Gasteiger partial charge in [0.15, 0.2) is 0 Å². The maximum atomic E-state index is 6.51. The summed E-state index contributed by atoms with van der Waals surface area (Å²) < 4.78 is 0. The summed E-state index contributed by atoms with van der Waals surface area (Å²) in [5, 5.41) is 0. The molecule has 0 bridgehead atoms. The summed E-state index contributed by atoms with van der Waals surface area (Å²) >= 11 is 0. The van der Waals surface area contributed by atoms with Gasteiger partial charge in [0.25, 0.3) is 0 Å². The summed E-state index contributed by atoms with van der Waals surface area (Å²) in [5.74, 6) is 1.61. The molecule has 0 saturated heterocycles. The first kappa shape index (κ1) is 9.34. The zero-order chi connectivity index (χ0) is 10.3. The van der Waals surface area contributed by atoms with E-state index in [2.05, 4.69) is 17.1 Å². The van der Waals surface area contributed by atoms with Crippen LogP contribution in [-0.4, -0.2) is 10.5 Å². The van der Waals surface area contributed by atoms with Crippen LogP contribution in [0.5, 0.6) is 0 Å². The molecule has 2 atom stereocenters. The Hall–Kier alpha value is -0.890. The molecule has 0 spiro atoms. The Morgan fingerprint density at radius 2 is 1.80 bits per heavy atom. The molecule has 2 heteroatoms. The molecule has 2 aliphatic rings. The van der Waals surface area contributed by atoms with Gasteiger partial charge in [0.05, 0.1) is 0 Å². The van der Waals surface area contributed by atoms with Gasteiger partial charge in [-0.25, -0.2) is 0 Å². The Labute approximate surface area is 90.9 Å². The van der Waals surface area contributed by atoms with Gasteiger partial charge in [-0.2, -0.15) is 0 Å². The van der Waals surface area contributed by atoms with Crippen molar-refractivity contribution in [2.24, 2.45) is 17.6 Å². The molecule has 2 N–H and O–H groups in total. The number of rotatable bonds is 2. The molecule has 1 aromatic heterocycles. The Morgan fingerprint density at radius 1 is 1.20 bits per heavy atom. The molecule has 2 fully saturated rings. The topological polar surface area (TPSA) is 38.9 Å². The Morgan fingerprint density at radius 3 is 2.40 bits per heavy atom. The van der Waals surface area contributed by atoms with Crippen molar-refractivity contribution in [2.45, 2.75) is 37.6 Å². The van der Waals surface area contributed by atoms with Crippen molar-refractivity contribution < 1.29 is 0 Å². The van der Waals surface area contributed by atoms with Crippen LogP contribution >= 0.6 is 0 Å². The predicted molar refractivity (Wildman–Crippen MR) is 60.3 cm³/mol. The minimum atomic E-state index is 0.123. The van der Waals surface area contributed by atoms with Crippen molar-refractivity contribution in [3.8, 4) is 0 Å². The number of pyridine rings is 1. The van der Waals surface area contributed by atoms with E-state index < -0.39 is 0 Å². The number of nitrogens with two attached hydrogens (primary N) is 1. The second kappa shape index (κ2) is 3.31. The molecular weight excluding hydrogens is 184 g/mol. The van der Waals surface area contributed by atoms with Crippen LogP contribution in [-0.2, 0) is 6.42 Å². The highest BCUT2D eigenvalue weighted by atomic mass is 14.9. The lowest BCUT2D eigenvalue weighted by atomic mass is 10.0. The summed E-state index contributed by atoms with van der Waals surface area (Å²) in [5.41, 5.74) is 7.98. The smallest absolute Gasteiger partial charge is 0.0270 e. The first-order valence-electron chi connectivity index (χ1n) is 5.98. The Bertz CT molecular complexity index is 335. The van der Waals surface area contributed by atoms with E-state index in [9.17, 15) is 0 Å². The number of nitrogens with zero attached hydrogens (tertiary/aromatic N) is 1. The first-order valence-corrected chi connectivity index (χ1v) is 5.98. The van der Waals surface area contributed by atoms with Crippen LogP contribution < -0.4 is 5.73 Å². The third-order valence-electron chi connectivity index (χ3n) is 4.30. The van der Waals surface area contributed by atoms with E-state index in [1.54, 1.807) is 0 Å². The minimum Gasteiger partial charge on any atom is -0.324 e. The van der Waals surface area contributed by atoms with E-state index in [0.717, 1.165) is 18.3 Å². The predicted octanol–water partition coefficient (Wildman–Crippen LogP) is 2.14. The summed E-state index contributed by atoms with van der Waals surface area (Å²) in [6.07, 6.45) is 10.3. The highest BCUT2D eigenvalue weighted by molar-refractivity contribution is 5.24. The average Bonchev–Trinajstić information content (AvgIpc) is 2.87. The molecule has 0 aromatic carbocycles. The van der Waals surface area contributed by atoms with E-state index >= 15 is 0 Å². The van der Waals surface area contributed by atoms with Gasteiger partial charge < -0.3 is 5.73 Å². The van der Waals surface area contributed by atoms with E-state index in [4.69, 9.17) is 5.73 Å². The van der Waals surface area contributed by atoms with Crippen LogP contribution in [0.4, 0.5) is 0 Å². The van der Waals surface area contributed by atoms with E-state index in [1.165, 1.54) is 31.2 Å². The SMILES string of the molecule is NC1(Cc2ccncc2)C2CCCCC21. The molecule has 3 rings (SSSR count). The van der Waals surface area contributed by atoms with Crippen LogP contribution in [0.15, 0.2) is 24.5 Å². The number of aromatic nitrogens is 1. The molecule has 2 unspecified atom stereocenters. The van der Waals surface area contributed by atoms with Crippen LogP contribution in [0.2, 0.25) is 0 Å². The molecule has 0 aliphatic heterocycles. The lowest BCUT2D eigenvalue weighted by molar-refractivity contribution is 0.480. The normalized spacial score (nSPS) is 38.5. The fraction of sp³-hybridized carbons (Fsp3) is 0.615. The fourth-order valence-corrected chi connectivity index (χ4v) is 3.41. The molecule has 2 aliphatic carbocycles. The maximum Gasteiger partial charge on any atom is 0.0270 e. The second-order valence-corrected chi connectivity index (χ2v) is 5.14. The minimum absolute atomic E-state index is 0.123. The van der Waals surface area contributed by atoms with Crippen molar-refractivity contribution in [2.75, 3.05) is 0 Å². The quantitative estimate of drug-likeness (QED) is 0.798. The third-order valence-corrected chi connectivity index (χ3v) is 4.30. The zero-order valence-electron chi connectivity index (χ0n) is 9.02. The standard InChI is InChI=1S/C13H18N2/c14-13(9-10-5-7-15-8-6-10)11-3-1-2-4-12(11)13/h5-8,11-12H,1-4,9,14H2. The molecule has 2 saturated carbocycles. The van der Waals surface area contributed by atoms with Gasteiger partial charge in [0.1, 0.15) is 0 Å². The third kappa shape index (κ3) is 1.48. The van der Waals surface area contributed by atoms with Crippen LogP contribution in [0.1, 0.15) is 31.2 Å². The van der Waals surface area contributed by atoms with Gasteiger partial charge in [0, 0.05) is 17.9 Å². The molecule has 0 amide bonds. The lowest BCUT2D eigenvalue weighted by Crippen LogP contribution is -2.29. The van der Waals surface area contributed by atoms with Gasteiger partial charge in [-0.05, 0) is 48.8 Å². The van der Waals surface area contributed by atoms with Gasteiger partial charge in [-0.15, -0.1) is 0 Å². The molecule has 1 heterocycles. The second-order valence-electron chi connectivity index (χ2n) is 5.14. The summed E-state index contributed by atoms with van der Waals surface area (Å²) in [4.78, 5) is 4.05. The molecular formula is C13H18N2. The van der Waals surface area contributed by atoms with Crippen molar-refractivity contribution in [3.05, 3.63) is 30.1 Å². The van der Waals surface area contributed by atoms with Gasteiger partial charge in [-0.3, -0.25) is 4.98 Å². The van der Waals surface area contributed by atoms with Crippen molar-refractivity contribution in [1.29, 1.82) is 0 Å². The van der Waals surface area contributed by atoms with Gasteiger partial charge in [0.2, 0.25) is 0 Å². The fourth-order valence-electron chi connectivity index (χ4n) is 3.41. The zero-order valence-corrected chi connectivity index (χ0v) is 9.02. The van der Waals surface area contributed by atoms with Gasteiger partial charge in [-0.1, -0.05) is 12.8 Å². The van der Waals surface area contributed by atoms with Crippen molar-refractivity contribution in [3.63, 3.8) is 0 Å². The monoisotopic (exact) mass is 202 g/mol. The summed E-state index contributed by atoms with van der Waals surface area (Å²) in [6, 6.07) is 4.19. The summed E-state index contributed by atoms with van der Waals surface area (Å²) in [7, 11) is 0. The highest BCUT2D eigenvalue weighted by Crippen LogP contribution is 2.58. The lowest BCUT2D eigenvalue weighted by Gasteiger charge is -2.11. The van der Waals surface area contributed by atoms with Crippen molar-refractivity contribution >= 4 is 0 Å². The van der Waals surface area contributed by atoms with E-state index in [-0.39, 0.29) is 5.54 Å². The highest BCUT2D eigenvalue weighted by Gasteiger charge is 2.61. The molecule has 80 valence electrons. The number of hydrogen-bond donors (Lipinski definition) is 1. The van der Waals surface area contributed by atoms with Crippen molar-refractivity contribution in [1.82, 2.24) is 4.98 Å². The molecule has 0 radical (unpaired) electrons. The Kier molecular flexibility index (Phi) is 2.06. The van der Waals surface area contributed by atoms with Crippen LogP contribution in [0.25, 0.3) is 0 Å². The van der Waals surface area contributed by atoms with Crippen LogP contribution in [0, 0.1) is 11.8 Å². The van der Waals surface area contributed by atoms with Gasteiger partial charge >= 0.3 is 0 Å². The molecule has 2 nitrogen and oxygen atoms in total. The van der Waals surface area contributed by atoms with Crippen LogP contribution in [0.3, 0.4) is 0 Å². The van der Waals surface area contributed by atoms with E-state index in [0.29, 0.717) is 0 Å². The first-order chi connectivity index (χ1) is 7.31. The average molecular weight is 202 g/mol.